The molecule has 0 radical (unpaired) electrons. The Morgan fingerprint density at radius 3 is 2.41 bits per heavy atom. The monoisotopic (exact) mass is 379 g/mol. The van der Waals surface area contributed by atoms with Gasteiger partial charge in [-0.25, -0.2) is 4.98 Å². The number of nitrogens with one attached hydrogen (secondary N) is 1. The van der Waals surface area contributed by atoms with Crippen molar-refractivity contribution in [3.05, 3.63) is 84.4 Å². The molecule has 140 valence electrons. The summed E-state index contributed by atoms with van der Waals surface area (Å²) in [6.07, 6.45) is 0. The molecule has 2 heterocycles. The van der Waals surface area contributed by atoms with Gasteiger partial charge in [-0.15, -0.1) is 5.10 Å². The van der Waals surface area contributed by atoms with Crippen LogP contribution in [0.15, 0.2) is 78.9 Å². The summed E-state index contributed by atoms with van der Waals surface area (Å²) in [5, 5.41) is 13.0. The first kappa shape index (κ1) is 17.1. The Morgan fingerprint density at radius 2 is 1.62 bits per heavy atom. The molecular weight excluding hydrogens is 362 g/mol. The van der Waals surface area contributed by atoms with E-state index in [0.717, 1.165) is 33.3 Å². The van der Waals surface area contributed by atoms with Crippen LogP contribution < -0.4 is 5.32 Å². The molecule has 0 saturated carbocycles. The molecule has 0 aliphatic rings. The van der Waals surface area contributed by atoms with Gasteiger partial charge < -0.3 is 5.32 Å². The van der Waals surface area contributed by atoms with Crippen LogP contribution in [-0.4, -0.2) is 25.8 Å². The van der Waals surface area contributed by atoms with Crippen molar-refractivity contribution in [2.45, 2.75) is 6.92 Å². The topological polar surface area (TPSA) is 72.7 Å². The highest BCUT2D eigenvalue weighted by Gasteiger charge is 2.11. The normalized spacial score (nSPS) is 11.1. The fraction of sp³-hybridized carbons (Fsp3) is 0.0435. The zero-order chi connectivity index (χ0) is 19.8. The summed E-state index contributed by atoms with van der Waals surface area (Å²) in [5.41, 5.74) is 5.04. The number of Topliss-reactive ketones (excluding diaryl/α,β-unsaturated/α-hetero) is 1. The molecule has 1 N–H and O–H groups in total. The van der Waals surface area contributed by atoms with Crippen LogP contribution in [-0.2, 0) is 0 Å². The largest absolute Gasteiger partial charge is 0.355 e. The van der Waals surface area contributed by atoms with Gasteiger partial charge in [0.05, 0.1) is 16.7 Å². The summed E-state index contributed by atoms with van der Waals surface area (Å²) in [5.74, 6) is 0.728. The third-order valence-corrected chi connectivity index (χ3v) is 4.84. The van der Waals surface area contributed by atoms with E-state index in [-0.39, 0.29) is 5.78 Å². The number of benzene rings is 3. The van der Waals surface area contributed by atoms with Crippen LogP contribution in [0, 0.1) is 0 Å². The van der Waals surface area contributed by atoms with E-state index in [1.165, 1.54) is 0 Å². The maximum absolute atomic E-state index is 11.5. The molecule has 0 bridgehead atoms. The lowest BCUT2D eigenvalue weighted by molar-refractivity contribution is 0.101. The molecule has 29 heavy (non-hydrogen) atoms. The summed E-state index contributed by atoms with van der Waals surface area (Å²) in [6.45, 7) is 1.56. The number of fused-ring (bicyclic) bond motifs is 2. The van der Waals surface area contributed by atoms with Crippen LogP contribution in [0.25, 0.3) is 27.8 Å². The number of ketones is 1. The number of para-hydroxylation sites is 2. The molecule has 0 saturated heterocycles. The minimum Gasteiger partial charge on any atom is -0.355 e. The number of rotatable bonds is 4. The number of carbonyl (C=O) groups is 1. The number of nitrogens with zero attached hydrogens (tertiary/aromatic N) is 4. The molecule has 0 aliphatic heterocycles. The summed E-state index contributed by atoms with van der Waals surface area (Å²) in [7, 11) is 0. The number of anilines is 2. The predicted octanol–water partition coefficient (Wildman–Crippen LogP) is 4.91. The van der Waals surface area contributed by atoms with Gasteiger partial charge in [0.1, 0.15) is 5.52 Å². The third-order valence-electron chi connectivity index (χ3n) is 4.84. The van der Waals surface area contributed by atoms with E-state index in [2.05, 4.69) is 15.6 Å². The Balaban J connectivity index is 1.63. The van der Waals surface area contributed by atoms with Crippen molar-refractivity contribution >= 4 is 39.1 Å². The molecule has 0 fully saturated rings. The van der Waals surface area contributed by atoms with Gasteiger partial charge in [-0.05, 0) is 49.4 Å². The number of carbonyl (C=O) groups excluding carboxylic acids is 1. The number of pyridine rings is 1. The van der Waals surface area contributed by atoms with E-state index in [0.29, 0.717) is 11.4 Å². The lowest BCUT2D eigenvalue weighted by Gasteiger charge is -2.12. The average Bonchev–Trinajstić information content (AvgIpc) is 3.18. The second kappa shape index (κ2) is 6.83. The minimum absolute atomic E-state index is 0.0475. The first-order valence-corrected chi connectivity index (χ1v) is 9.28. The van der Waals surface area contributed by atoms with Gasteiger partial charge in [0.15, 0.2) is 11.6 Å². The molecule has 5 rings (SSSR count). The van der Waals surface area contributed by atoms with Crippen molar-refractivity contribution in [3.63, 3.8) is 0 Å². The molecule has 2 aromatic heterocycles. The van der Waals surface area contributed by atoms with Crippen LogP contribution in [0.3, 0.4) is 0 Å². The Bertz CT molecular complexity index is 1360. The first-order chi connectivity index (χ1) is 14.2. The minimum atomic E-state index is 0.0475. The third kappa shape index (κ3) is 3.10. The summed E-state index contributed by atoms with van der Waals surface area (Å²) in [4.78, 5) is 16.3. The smallest absolute Gasteiger partial charge is 0.159 e. The zero-order valence-electron chi connectivity index (χ0n) is 15.7. The predicted molar refractivity (Wildman–Crippen MR) is 114 cm³/mol. The molecule has 0 unspecified atom stereocenters. The number of aromatic nitrogens is 4. The van der Waals surface area contributed by atoms with Crippen LogP contribution in [0.1, 0.15) is 17.3 Å². The van der Waals surface area contributed by atoms with E-state index < -0.39 is 0 Å². The fourth-order valence-corrected chi connectivity index (χ4v) is 3.36. The van der Waals surface area contributed by atoms with Gasteiger partial charge >= 0.3 is 0 Å². The van der Waals surface area contributed by atoms with Crippen LogP contribution in [0.4, 0.5) is 11.4 Å². The lowest BCUT2D eigenvalue weighted by Crippen LogP contribution is -2.02. The Hall–Kier alpha value is -4.06. The summed E-state index contributed by atoms with van der Waals surface area (Å²) in [6, 6.07) is 25.1. The van der Waals surface area contributed by atoms with E-state index >= 15 is 0 Å². The fourth-order valence-electron chi connectivity index (χ4n) is 3.36. The highest BCUT2D eigenvalue weighted by Crippen LogP contribution is 2.28. The maximum Gasteiger partial charge on any atom is 0.159 e. The Morgan fingerprint density at radius 1 is 0.897 bits per heavy atom. The Kier molecular flexibility index (Phi) is 4.02. The molecule has 3 aromatic carbocycles. The van der Waals surface area contributed by atoms with Crippen LogP contribution >= 0.6 is 0 Å². The van der Waals surface area contributed by atoms with Crippen molar-refractivity contribution in [1.82, 2.24) is 20.0 Å². The van der Waals surface area contributed by atoms with Crippen molar-refractivity contribution in [3.8, 4) is 5.82 Å². The van der Waals surface area contributed by atoms with E-state index in [1.807, 2.05) is 78.9 Å². The highest BCUT2D eigenvalue weighted by atomic mass is 16.1. The average molecular weight is 379 g/mol. The van der Waals surface area contributed by atoms with Gasteiger partial charge in [0, 0.05) is 22.7 Å². The van der Waals surface area contributed by atoms with E-state index in [4.69, 9.17) is 4.98 Å². The number of hydrogen-bond donors (Lipinski definition) is 1. The zero-order valence-corrected chi connectivity index (χ0v) is 15.7. The maximum atomic E-state index is 11.5. The van der Waals surface area contributed by atoms with Gasteiger partial charge in [-0.3, -0.25) is 4.79 Å². The second-order valence-corrected chi connectivity index (χ2v) is 6.79. The molecule has 6 nitrogen and oxygen atoms in total. The van der Waals surface area contributed by atoms with Gasteiger partial charge in [-0.1, -0.05) is 35.5 Å². The second-order valence-electron chi connectivity index (χ2n) is 6.79. The van der Waals surface area contributed by atoms with E-state index in [1.54, 1.807) is 11.6 Å². The molecule has 5 aromatic rings. The highest BCUT2D eigenvalue weighted by molar-refractivity contribution is 5.96. The summed E-state index contributed by atoms with van der Waals surface area (Å²) < 4.78 is 1.74. The molecule has 0 atom stereocenters. The molecule has 6 heteroatoms. The van der Waals surface area contributed by atoms with Gasteiger partial charge in [0.25, 0.3) is 0 Å². The SMILES string of the molecule is CC(=O)c1ccc(Nc2cc(-n3nnc4ccccc43)nc3ccccc23)cc1. The first-order valence-electron chi connectivity index (χ1n) is 9.28. The van der Waals surface area contributed by atoms with Gasteiger partial charge in [0.2, 0.25) is 0 Å². The standard InChI is InChI=1S/C23H17N5O/c1-15(29)16-10-12-17(13-11-16)24-21-14-23(25-19-7-3-2-6-18(19)21)28-22-9-5-4-8-20(22)26-27-28/h2-14H,1H3,(H,24,25). The molecular formula is C23H17N5O. The molecule has 0 amide bonds. The van der Waals surface area contributed by atoms with Crippen LogP contribution in [0.2, 0.25) is 0 Å². The molecule has 0 spiro atoms. The van der Waals surface area contributed by atoms with E-state index in [9.17, 15) is 4.79 Å². The lowest BCUT2D eigenvalue weighted by atomic mass is 10.1. The summed E-state index contributed by atoms with van der Waals surface area (Å²) >= 11 is 0. The van der Waals surface area contributed by atoms with Crippen molar-refractivity contribution in [2.75, 3.05) is 5.32 Å². The van der Waals surface area contributed by atoms with Crippen molar-refractivity contribution < 1.29 is 4.79 Å². The van der Waals surface area contributed by atoms with Crippen molar-refractivity contribution in [1.29, 1.82) is 0 Å². The Labute approximate surface area is 166 Å². The number of hydrogen-bond acceptors (Lipinski definition) is 5. The molecule has 0 aliphatic carbocycles. The van der Waals surface area contributed by atoms with Gasteiger partial charge in [-0.2, -0.15) is 4.68 Å². The quantitative estimate of drug-likeness (QED) is 0.449. The van der Waals surface area contributed by atoms with Crippen LogP contribution in [0.5, 0.6) is 0 Å². The van der Waals surface area contributed by atoms with Crippen molar-refractivity contribution in [2.24, 2.45) is 0 Å².